The number of ether oxygens (including phenoxy) is 1. The van der Waals surface area contributed by atoms with E-state index in [0.717, 1.165) is 19.3 Å². The number of aliphatic hydroxyl groups is 1. The molecule has 3 rings (SSSR count). The average molecular weight is 248 g/mol. The van der Waals surface area contributed by atoms with Crippen molar-refractivity contribution in [2.45, 2.75) is 45.3 Å². The predicted octanol–water partition coefficient (Wildman–Crippen LogP) is 2.21. The summed E-state index contributed by atoms with van der Waals surface area (Å²) in [6.07, 6.45) is 4.38. The van der Waals surface area contributed by atoms with E-state index in [9.17, 15) is 9.90 Å². The predicted molar refractivity (Wildman–Crippen MR) is 67.7 cm³/mol. The van der Waals surface area contributed by atoms with Gasteiger partial charge in [0.2, 0.25) is 0 Å². The van der Waals surface area contributed by atoms with Crippen molar-refractivity contribution in [3.63, 3.8) is 0 Å². The first-order valence-corrected chi connectivity index (χ1v) is 6.73. The van der Waals surface area contributed by atoms with E-state index in [4.69, 9.17) is 4.74 Å². The van der Waals surface area contributed by atoms with Gasteiger partial charge in [0.1, 0.15) is 6.10 Å². The number of hydrogen-bond acceptors (Lipinski definition) is 3. The molecule has 0 radical (unpaired) electrons. The third-order valence-corrected chi connectivity index (χ3v) is 5.41. The van der Waals surface area contributed by atoms with E-state index in [-0.39, 0.29) is 23.4 Å². The largest absolute Gasteiger partial charge is 0.458 e. The lowest BCUT2D eigenvalue weighted by Gasteiger charge is -2.51. The molecule has 5 atom stereocenters. The Morgan fingerprint density at radius 3 is 3.00 bits per heavy atom. The molecule has 1 N–H and O–H groups in total. The molecule has 1 saturated carbocycles. The molecule has 0 unspecified atom stereocenters. The van der Waals surface area contributed by atoms with Gasteiger partial charge in [-0.05, 0) is 18.8 Å². The van der Waals surface area contributed by atoms with Crippen LogP contribution in [0.3, 0.4) is 0 Å². The van der Waals surface area contributed by atoms with Crippen LogP contribution in [0.5, 0.6) is 0 Å². The molecule has 0 aromatic rings. The van der Waals surface area contributed by atoms with Gasteiger partial charge in [0.05, 0.1) is 12.0 Å². The minimum Gasteiger partial charge on any atom is -0.458 e. The molecule has 0 aromatic heterocycles. The number of aliphatic hydroxyl groups excluding tert-OH is 1. The van der Waals surface area contributed by atoms with Crippen molar-refractivity contribution in [3.05, 3.63) is 23.8 Å². The summed E-state index contributed by atoms with van der Waals surface area (Å²) in [6, 6.07) is 0. The maximum atomic E-state index is 11.6. The molecule has 2 aliphatic carbocycles. The molecule has 3 nitrogen and oxygen atoms in total. The van der Waals surface area contributed by atoms with Crippen LogP contribution >= 0.6 is 0 Å². The van der Waals surface area contributed by atoms with Crippen LogP contribution in [0.2, 0.25) is 0 Å². The summed E-state index contributed by atoms with van der Waals surface area (Å²) in [4.78, 5) is 11.6. The first-order valence-electron chi connectivity index (χ1n) is 6.73. The first kappa shape index (κ1) is 12.0. The molecule has 3 aliphatic rings. The zero-order valence-electron chi connectivity index (χ0n) is 11.0. The lowest BCUT2D eigenvalue weighted by molar-refractivity contribution is -0.141. The fraction of sp³-hybridized carbons (Fsp3) is 0.667. The molecule has 0 spiro atoms. The fourth-order valence-electron chi connectivity index (χ4n) is 3.93. The minimum atomic E-state index is -0.559. The summed E-state index contributed by atoms with van der Waals surface area (Å²) in [7, 11) is 0. The van der Waals surface area contributed by atoms with Crippen LogP contribution in [0.4, 0.5) is 0 Å². The molecule has 3 heteroatoms. The van der Waals surface area contributed by atoms with E-state index in [1.54, 1.807) is 0 Å². The van der Waals surface area contributed by atoms with Gasteiger partial charge in [-0.25, -0.2) is 4.79 Å². The van der Waals surface area contributed by atoms with Crippen molar-refractivity contribution in [2.24, 2.45) is 17.3 Å². The van der Waals surface area contributed by atoms with Crippen molar-refractivity contribution < 1.29 is 14.6 Å². The van der Waals surface area contributed by atoms with Crippen LogP contribution in [0.25, 0.3) is 0 Å². The van der Waals surface area contributed by atoms with Gasteiger partial charge in [-0.1, -0.05) is 32.1 Å². The summed E-state index contributed by atoms with van der Waals surface area (Å²) >= 11 is 0. The summed E-state index contributed by atoms with van der Waals surface area (Å²) in [5.41, 5.74) is 1.49. The Hall–Kier alpha value is -1.09. The number of hydrogen-bond donors (Lipinski definition) is 1. The molecule has 1 heterocycles. The molecule has 98 valence electrons. The topological polar surface area (TPSA) is 46.5 Å². The second-order valence-electron chi connectivity index (χ2n) is 6.13. The molecule has 1 aliphatic heterocycles. The minimum absolute atomic E-state index is 0.204. The Kier molecular flexibility index (Phi) is 2.46. The third kappa shape index (κ3) is 1.31. The van der Waals surface area contributed by atoms with Crippen molar-refractivity contribution in [3.8, 4) is 0 Å². The van der Waals surface area contributed by atoms with E-state index in [2.05, 4.69) is 26.5 Å². The Morgan fingerprint density at radius 1 is 1.56 bits per heavy atom. The van der Waals surface area contributed by atoms with Crippen LogP contribution in [-0.2, 0) is 9.53 Å². The van der Waals surface area contributed by atoms with Crippen molar-refractivity contribution >= 4 is 5.97 Å². The van der Waals surface area contributed by atoms with Crippen LogP contribution in [0.15, 0.2) is 23.8 Å². The SMILES string of the molecule is C=C1C(=O)O[C@@H]2CC3=CCC[C@@H](C)[C@@]3(C)[C@@H](O)[C@@H]12. The number of carbonyl (C=O) groups is 1. The highest BCUT2D eigenvalue weighted by Crippen LogP contribution is 2.55. The van der Waals surface area contributed by atoms with Gasteiger partial charge >= 0.3 is 5.97 Å². The van der Waals surface area contributed by atoms with Crippen LogP contribution in [0, 0.1) is 17.3 Å². The van der Waals surface area contributed by atoms with E-state index in [1.807, 2.05) is 0 Å². The molecule has 2 fully saturated rings. The Labute approximate surface area is 108 Å². The fourth-order valence-corrected chi connectivity index (χ4v) is 3.93. The average Bonchev–Trinajstić information content (AvgIpc) is 2.60. The van der Waals surface area contributed by atoms with Crippen LogP contribution in [0.1, 0.15) is 33.1 Å². The summed E-state index contributed by atoms with van der Waals surface area (Å²) in [5, 5.41) is 10.8. The first-order chi connectivity index (χ1) is 8.46. The smallest absolute Gasteiger partial charge is 0.334 e. The lowest BCUT2D eigenvalue weighted by Crippen LogP contribution is -2.52. The molecule has 1 saturated heterocycles. The molecular formula is C15H20O3. The normalized spacial score (nSPS) is 47.2. The molecule has 0 aromatic carbocycles. The zero-order valence-corrected chi connectivity index (χ0v) is 11.0. The Balaban J connectivity index is 2.04. The number of rotatable bonds is 0. The maximum Gasteiger partial charge on any atom is 0.334 e. The Bertz CT molecular complexity index is 451. The number of esters is 1. The third-order valence-electron chi connectivity index (χ3n) is 5.41. The number of carbonyl (C=O) groups excluding carboxylic acids is 1. The van der Waals surface area contributed by atoms with Crippen molar-refractivity contribution in [1.29, 1.82) is 0 Å². The van der Waals surface area contributed by atoms with Gasteiger partial charge < -0.3 is 9.84 Å². The molecular weight excluding hydrogens is 228 g/mol. The standard InChI is InChI=1S/C15H20O3/c1-8-5-4-6-10-7-11-12(9(2)14(17)18-11)13(16)15(8,10)3/h6,8,11-13,16H,2,4-5,7H2,1,3H3/t8-,11-,12+,13+,15-/m1/s1. The number of fused-ring (bicyclic) bond motifs is 2. The Morgan fingerprint density at radius 2 is 2.28 bits per heavy atom. The van der Waals surface area contributed by atoms with Gasteiger partial charge in [0, 0.05) is 17.4 Å². The van der Waals surface area contributed by atoms with E-state index in [0.29, 0.717) is 11.5 Å². The molecule has 0 bridgehead atoms. The summed E-state index contributed by atoms with van der Waals surface area (Å²) in [6.45, 7) is 8.13. The van der Waals surface area contributed by atoms with Gasteiger partial charge in [-0.15, -0.1) is 0 Å². The summed E-state index contributed by atoms with van der Waals surface area (Å²) < 4.78 is 5.34. The van der Waals surface area contributed by atoms with Gasteiger partial charge in [-0.2, -0.15) is 0 Å². The van der Waals surface area contributed by atoms with Gasteiger partial charge in [0.25, 0.3) is 0 Å². The monoisotopic (exact) mass is 248 g/mol. The molecule has 18 heavy (non-hydrogen) atoms. The van der Waals surface area contributed by atoms with Gasteiger partial charge in [-0.3, -0.25) is 0 Å². The van der Waals surface area contributed by atoms with Gasteiger partial charge in [0.15, 0.2) is 0 Å². The highest BCUT2D eigenvalue weighted by molar-refractivity contribution is 5.91. The number of allylic oxidation sites excluding steroid dienone is 1. The van der Waals surface area contributed by atoms with E-state index >= 15 is 0 Å². The summed E-state index contributed by atoms with van der Waals surface area (Å²) in [5.74, 6) is -0.128. The second kappa shape index (κ2) is 3.70. The second-order valence-corrected chi connectivity index (χ2v) is 6.13. The van der Waals surface area contributed by atoms with Crippen LogP contribution < -0.4 is 0 Å². The zero-order chi connectivity index (χ0) is 13.1. The van der Waals surface area contributed by atoms with Crippen molar-refractivity contribution in [1.82, 2.24) is 0 Å². The quantitative estimate of drug-likeness (QED) is 0.406. The highest BCUT2D eigenvalue weighted by Gasteiger charge is 2.57. The van der Waals surface area contributed by atoms with Crippen molar-refractivity contribution in [2.75, 3.05) is 0 Å². The van der Waals surface area contributed by atoms with E-state index in [1.165, 1.54) is 5.57 Å². The maximum absolute atomic E-state index is 11.6. The van der Waals surface area contributed by atoms with Crippen LogP contribution in [-0.4, -0.2) is 23.3 Å². The highest BCUT2D eigenvalue weighted by atomic mass is 16.6. The lowest BCUT2D eigenvalue weighted by atomic mass is 9.55. The molecule has 0 amide bonds. The van der Waals surface area contributed by atoms with E-state index < -0.39 is 6.10 Å².